The minimum atomic E-state index is -0.316. The van der Waals surface area contributed by atoms with Crippen LogP contribution in [-0.4, -0.2) is 43.1 Å². The van der Waals surface area contributed by atoms with Gasteiger partial charge >= 0.3 is 5.91 Å². The number of amides is 1. The molecule has 186 valence electrons. The molecule has 3 N–H and O–H groups in total. The Kier molecular flexibility index (Phi) is 6.46. The standard InChI is InChI=1S/C27H26N8O2/c1-4-7-22-24(27(37)35(32-22)20-13-12-16(2)17(3)14-20)29-28-23-11-6-10-21(25(23)36)18-8-5-9-19(15-18)26-30-33-34-31-26/h5-6,8-15,28,36H,4,7H2,1-3H3,(H,30,31,33,34). The summed E-state index contributed by atoms with van der Waals surface area (Å²) in [6.07, 6.45) is 1.41. The highest BCUT2D eigenvalue weighted by Crippen LogP contribution is 2.36. The summed E-state index contributed by atoms with van der Waals surface area (Å²) in [5, 5.41) is 35.3. The number of nitrogens with one attached hydrogen (secondary N) is 2. The molecule has 0 aliphatic carbocycles. The van der Waals surface area contributed by atoms with Crippen LogP contribution in [-0.2, 0) is 4.79 Å². The number of tetrazole rings is 1. The molecular formula is C27H26N8O2. The highest BCUT2D eigenvalue weighted by atomic mass is 16.3. The molecule has 1 aliphatic rings. The number of nitrogens with zero attached hydrogens (tertiary/aromatic N) is 6. The van der Waals surface area contributed by atoms with Gasteiger partial charge in [-0.1, -0.05) is 49.7 Å². The minimum absolute atomic E-state index is 0.00476. The van der Waals surface area contributed by atoms with Crippen LogP contribution in [0.2, 0.25) is 0 Å². The molecule has 0 unspecified atom stereocenters. The Morgan fingerprint density at radius 2 is 1.84 bits per heavy atom. The van der Waals surface area contributed by atoms with E-state index in [9.17, 15) is 9.90 Å². The number of aromatic hydroxyl groups is 1. The lowest BCUT2D eigenvalue weighted by Crippen LogP contribution is -2.28. The fraction of sp³-hybridized carbons (Fsp3) is 0.185. The molecule has 1 aliphatic heterocycles. The first-order valence-electron chi connectivity index (χ1n) is 12.0. The molecule has 0 spiro atoms. The molecule has 10 heteroatoms. The predicted octanol–water partition coefficient (Wildman–Crippen LogP) is 4.83. The highest BCUT2D eigenvalue weighted by Gasteiger charge is 2.33. The molecule has 0 saturated heterocycles. The summed E-state index contributed by atoms with van der Waals surface area (Å²) in [6.45, 7) is 6.05. The fourth-order valence-corrected chi connectivity index (χ4v) is 4.09. The van der Waals surface area contributed by atoms with E-state index in [1.165, 1.54) is 5.01 Å². The number of hydrogen-bond acceptors (Lipinski definition) is 8. The van der Waals surface area contributed by atoms with Crippen molar-refractivity contribution in [3.8, 4) is 28.3 Å². The number of anilines is 2. The summed E-state index contributed by atoms with van der Waals surface area (Å²) >= 11 is 0. The van der Waals surface area contributed by atoms with Crippen molar-refractivity contribution < 1.29 is 9.90 Å². The van der Waals surface area contributed by atoms with Crippen molar-refractivity contribution in [2.45, 2.75) is 33.6 Å². The quantitative estimate of drug-likeness (QED) is 0.249. The van der Waals surface area contributed by atoms with Crippen molar-refractivity contribution in [2.75, 3.05) is 10.4 Å². The first-order chi connectivity index (χ1) is 18.0. The summed E-state index contributed by atoms with van der Waals surface area (Å²) < 4.78 is 0. The van der Waals surface area contributed by atoms with Gasteiger partial charge in [-0.3, -0.25) is 10.2 Å². The van der Waals surface area contributed by atoms with E-state index in [1.54, 1.807) is 18.2 Å². The molecule has 0 atom stereocenters. The minimum Gasteiger partial charge on any atom is -0.505 e. The van der Waals surface area contributed by atoms with Crippen molar-refractivity contribution in [2.24, 2.45) is 10.2 Å². The van der Waals surface area contributed by atoms with Crippen LogP contribution < -0.4 is 10.4 Å². The number of rotatable bonds is 7. The van der Waals surface area contributed by atoms with Crippen molar-refractivity contribution >= 4 is 28.7 Å². The third-order valence-corrected chi connectivity index (χ3v) is 6.23. The summed E-state index contributed by atoms with van der Waals surface area (Å²) in [7, 11) is 0. The average Bonchev–Trinajstić information content (AvgIpc) is 3.54. The average molecular weight is 495 g/mol. The van der Waals surface area contributed by atoms with E-state index in [0.717, 1.165) is 28.7 Å². The Balaban J connectivity index is 1.44. The maximum Gasteiger partial charge on any atom is 0.301 e. The lowest BCUT2D eigenvalue weighted by Gasteiger charge is -2.13. The number of carbonyl (C=O) groups excluding carboxylic acids is 1. The number of H-pyrrole nitrogens is 1. The monoisotopic (exact) mass is 494 g/mol. The van der Waals surface area contributed by atoms with Gasteiger partial charge in [0, 0.05) is 11.1 Å². The third kappa shape index (κ3) is 4.68. The van der Waals surface area contributed by atoms with Crippen LogP contribution >= 0.6 is 0 Å². The second kappa shape index (κ2) is 10.0. The molecule has 0 radical (unpaired) electrons. The molecule has 5 rings (SSSR count). The van der Waals surface area contributed by atoms with Crippen molar-refractivity contribution in [3.05, 3.63) is 71.8 Å². The maximum absolute atomic E-state index is 13.3. The van der Waals surface area contributed by atoms with Gasteiger partial charge in [0.15, 0.2) is 11.5 Å². The number of aromatic nitrogens is 4. The van der Waals surface area contributed by atoms with Crippen LogP contribution in [0.5, 0.6) is 5.75 Å². The van der Waals surface area contributed by atoms with Crippen molar-refractivity contribution in [3.63, 3.8) is 0 Å². The fourth-order valence-electron chi connectivity index (χ4n) is 4.09. The van der Waals surface area contributed by atoms with Crippen LogP contribution in [0.1, 0.15) is 30.9 Å². The maximum atomic E-state index is 13.3. The highest BCUT2D eigenvalue weighted by molar-refractivity contribution is 6.71. The van der Waals surface area contributed by atoms with Crippen LogP contribution in [0.4, 0.5) is 11.4 Å². The third-order valence-electron chi connectivity index (χ3n) is 6.23. The normalized spacial score (nSPS) is 14.4. The van der Waals surface area contributed by atoms with E-state index in [4.69, 9.17) is 0 Å². The van der Waals surface area contributed by atoms with Gasteiger partial charge in [0.05, 0.1) is 17.1 Å². The number of aromatic amines is 1. The number of aryl methyl sites for hydroxylation is 2. The van der Waals surface area contributed by atoms with Gasteiger partial charge in [-0.2, -0.15) is 15.2 Å². The first-order valence-corrected chi connectivity index (χ1v) is 12.0. The van der Waals surface area contributed by atoms with Gasteiger partial charge in [0.25, 0.3) is 0 Å². The van der Waals surface area contributed by atoms with E-state index in [2.05, 4.69) is 36.3 Å². The van der Waals surface area contributed by atoms with Crippen LogP contribution in [0.25, 0.3) is 22.5 Å². The molecule has 1 amide bonds. The first kappa shape index (κ1) is 23.9. The van der Waals surface area contributed by atoms with Gasteiger partial charge in [0.2, 0.25) is 0 Å². The van der Waals surface area contributed by atoms with Gasteiger partial charge < -0.3 is 5.11 Å². The van der Waals surface area contributed by atoms with Gasteiger partial charge in [-0.05, 0) is 71.7 Å². The molecular weight excluding hydrogens is 468 g/mol. The number of benzene rings is 3. The molecule has 0 saturated carbocycles. The number of carbonyl (C=O) groups is 1. The SMILES string of the molecule is CCCC1=NN(c2ccc(C)c(C)c2)C(=O)C1=NNc1cccc(-c2cccc(-c3nnn[nH]3)c2)c1O. The smallest absolute Gasteiger partial charge is 0.301 e. The Bertz CT molecular complexity index is 1530. The van der Waals surface area contributed by atoms with Crippen molar-refractivity contribution in [1.82, 2.24) is 20.6 Å². The Hall–Kier alpha value is -4.86. The molecule has 10 nitrogen and oxygen atoms in total. The number of hydrazone groups is 2. The van der Waals surface area contributed by atoms with Gasteiger partial charge in [-0.15, -0.1) is 5.10 Å². The molecule has 2 heterocycles. The number of phenols is 1. The van der Waals surface area contributed by atoms with Gasteiger partial charge in [-0.25, -0.2) is 5.10 Å². The lowest BCUT2D eigenvalue weighted by atomic mass is 10.0. The zero-order valence-electron chi connectivity index (χ0n) is 20.7. The zero-order chi connectivity index (χ0) is 25.9. The number of hydrogen-bond donors (Lipinski definition) is 3. The van der Waals surface area contributed by atoms with Crippen LogP contribution in [0, 0.1) is 13.8 Å². The van der Waals surface area contributed by atoms with E-state index >= 15 is 0 Å². The lowest BCUT2D eigenvalue weighted by molar-refractivity contribution is -0.112. The second-order valence-electron chi connectivity index (χ2n) is 8.79. The summed E-state index contributed by atoms with van der Waals surface area (Å²) in [5.41, 5.74) is 9.14. The van der Waals surface area contributed by atoms with E-state index in [0.29, 0.717) is 34.9 Å². The molecule has 3 aromatic carbocycles. The molecule has 0 bridgehead atoms. The molecule has 1 aromatic heterocycles. The Morgan fingerprint density at radius 1 is 1.03 bits per heavy atom. The summed E-state index contributed by atoms with van der Waals surface area (Å²) in [5.74, 6) is 0.214. The van der Waals surface area contributed by atoms with Crippen LogP contribution in [0.15, 0.2) is 70.9 Å². The Labute approximate surface area is 213 Å². The van der Waals surface area contributed by atoms with Crippen molar-refractivity contribution in [1.29, 1.82) is 0 Å². The summed E-state index contributed by atoms with van der Waals surface area (Å²) in [4.78, 5) is 13.3. The topological polar surface area (TPSA) is 132 Å². The van der Waals surface area contributed by atoms with E-state index in [1.807, 2.05) is 63.2 Å². The second-order valence-corrected chi connectivity index (χ2v) is 8.79. The van der Waals surface area contributed by atoms with Gasteiger partial charge in [0.1, 0.15) is 5.75 Å². The number of para-hydroxylation sites is 1. The van der Waals surface area contributed by atoms with E-state index < -0.39 is 0 Å². The largest absolute Gasteiger partial charge is 0.505 e. The molecule has 4 aromatic rings. The number of phenolic OH excluding ortho intramolecular Hbond substituents is 1. The molecule has 0 fully saturated rings. The van der Waals surface area contributed by atoms with E-state index in [-0.39, 0.29) is 17.4 Å². The zero-order valence-corrected chi connectivity index (χ0v) is 20.7. The Morgan fingerprint density at radius 3 is 2.59 bits per heavy atom. The molecule has 37 heavy (non-hydrogen) atoms. The summed E-state index contributed by atoms with van der Waals surface area (Å²) in [6, 6.07) is 18.6. The van der Waals surface area contributed by atoms with Crippen LogP contribution in [0.3, 0.4) is 0 Å². The predicted molar refractivity (Wildman–Crippen MR) is 144 cm³/mol.